The van der Waals surface area contributed by atoms with Gasteiger partial charge in [0.15, 0.2) is 0 Å². The topological polar surface area (TPSA) is 21.3 Å². The third kappa shape index (κ3) is 2.33. The molecule has 3 heteroatoms. The van der Waals surface area contributed by atoms with Crippen molar-refractivity contribution in [2.75, 3.05) is 0 Å². The summed E-state index contributed by atoms with van der Waals surface area (Å²) in [6.45, 7) is 0. The number of hydrogen-bond acceptors (Lipinski definition) is 2. The van der Waals surface area contributed by atoms with Gasteiger partial charge in [-0.15, -0.1) is 0 Å². The number of hydroxylamine groups is 1. The smallest absolute Gasteiger partial charge is 0.131 e. The maximum atomic E-state index is 5.41. The van der Waals surface area contributed by atoms with Gasteiger partial charge in [-0.1, -0.05) is 54.6 Å². The molecule has 1 N–H and O–H groups in total. The second-order valence-corrected chi connectivity index (χ2v) is 5.00. The van der Waals surface area contributed by atoms with Crippen molar-refractivity contribution in [1.29, 1.82) is 0 Å². The van der Waals surface area contributed by atoms with Crippen LogP contribution in [0.2, 0.25) is 0 Å². The van der Waals surface area contributed by atoms with Crippen molar-refractivity contribution in [3.63, 3.8) is 0 Å². The number of rotatable bonds is 2. The summed E-state index contributed by atoms with van der Waals surface area (Å²) in [5.41, 5.74) is 6.37. The number of nitrogens with one attached hydrogen (secondary N) is 1. The minimum atomic E-state index is -0.0239. The van der Waals surface area contributed by atoms with Crippen LogP contribution >= 0.6 is 15.9 Å². The molecule has 2 nitrogen and oxygen atoms in total. The minimum Gasteiger partial charge on any atom is -0.263 e. The Bertz CT molecular complexity index is 563. The molecule has 0 unspecified atom stereocenters. The molecule has 0 spiro atoms. The fourth-order valence-corrected chi connectivity index (χ4v) is 2.31. The molecule has 2 aromatic carbocycles. The van der Waals surface area contributed by atoms with Crippen LogP contribution in [0.15, 0.2) is 65.3 Å². The summed E-state index contributed by atoms with van der Waals surface area (Å²) in [7, 11) is 0. The summed E-state index contributed by atoms with van der Waals surface area (Å²) < 4.78 is 0.875. The van der Waals surface area contributed by atoms with Crippen LogP contribution < -0.4 is 5.48 Å². The standard InChI is InChI=1S/C15H12BrNO/c16-15-10-14(18-17-15)13-8-6-12(7-9-13)11-4-2-1-3-5-11/h1-10,14,17H/t14-/m0/s1. The number of benzene rings is 2. The van der Waals surface area contributed by atoms with E-state index in [0.29, 0.717) is 0 Å². The van der Waals surface area contributed by atoms with Crippen molar-refractivity contribution < 1.29 is 4.84 Å². The first-order valence-electron chi connectivity index (χ1n) is 5.77. The monoisotopic (exact) mass is 301 g/mol. The molecule has 1 aliphatic heterocycles. The van der Waals surface area contributed by atoms with E-state index in [-0.39, 0.29) is 6.10 Å². The van der Waals surface area contributed by atoms with E-state index in [2.05, 4.69) is 57.8 Å². The van der Waals surface area contributed by atoms with Gasteiger partial charge in [0, 0.05) is 0 Å². The fraction of sp³-hybridized carbons (Fsp3) is 0.0667. The van der Waals surface area contributed by atoms with Crippen LogP contribution in [-0.4, -0.2) is 0 Å². The van der Waals surface area contributed by atoms with Gasteiger partial charge in [0.2, 0.25) is 0 Å². The lowest BCUT2D eigenvalue weighted by atomic mass is 10.0. The average Bonchev–Trinajstić information content (AvgIpc) is 2.87. The molecule has 1 aliphatic rings. The van der Waals surface area contributed by atoms with Crippen LogP contribution in [-0.2, 0) is 4.84 Å². The van der Waals surface area contributed by atoms with Crippen LogP contribution in [0.4, 0.5) is 0 Å². The van der Waals surface area contributed by atoms with E-state index in [9.17, 15) is 0 Å². The molecule has 0 aliphatic carbocycles. The van der Waals surface area contributed by atoms with E-state index in [0.717, 1.165) is 10.2 Å². The maximum Gasteiger partial charge on any atom is 0.131 e. The lowest BCUT2D eigenvalue weighted by molar-refractivity contribution is 0.0458. The van der Waals surface area contributed by atoms with Crippen molar-refractivity contribution in [2.45, 2.75) is 6.10 Å². The quantitative estimate of drug-likeness (QED) is 0.841. The Labute approximate surface area is 114 Å². The zero-order valence-corrected chi connectivity index (χ0v) is 11.2. The number of halogens is 1. The average molecular weight is 302 g/mol. The van der Waals surface area contributed by atoms with Crippen LogP contribution in [0.3, 0.4) is 0 Å². The summed E-state index contributed by atoms with van der Waals surface area (Å²) in [4.78, 5) is 5.41. The molecule has 90 valence electrons. The molecule has 1 atom stereocenters. The van der Waals surface area contributed by atoms with Crippen molar-refractivity contribution >= 4 is 15.9 Å². The van der Waals surface area contributed by atoms with E-state index in [1.165, 1.54) is 11.1 Å². The van der Waals surface area contributed by atoms with E-state index < -0.39 is 0 Å². The molecule has 0 amide bonds. The lowest BCUT2D eigenvalue weighted by Gasteiger charge is -2.08. The fourth-order valence-electron chi connectivity index (χ4n) is 1.98. The highest BCUT2D eigenvalue weighted by Crippen LogP contribution is 2.28. The van der Waals surface area contributed by atoms with E-state index in [1.807, 2.05) is 24.3 Å². The highest BCUT2D eigenvalue weighted by molar-refractivity contribution is 9.11. The van der Waals surface area contributed by atoms with Crippen LogP contribution in [0.25, 0.3) is 11.1 Å². The molecule has 18 heavy (non-hydrogen) atoms. The zero-order valence-electron chi connectivity index (χ0n) is 9.64. The van der Waals surface area contributed by atoms with Crippen molar-refractivity contribution in [1.82, 2.24) is 5.48 Å². The van der Waals surface area contributed by atoms with Gasteiger partial charge >= 0.3 is 0 Å². The van der Waals surface area contributed by atoms with E-state index in [4.69, 9.17) is 4.84 Å². The van der Waals surface area contributed by atoms with Gasteiger partial charge in [0.25, 0.3) is 0 Å². The molecular formula is C15H12BrNO. The first-order chi connectivity index (χ1) is 8.83. The Hall–Kier alpha value is -1.58. The molecular weight excluding hydrogens is 290 g/mol. The Morgan fingerprint density at radius 2 is 1.56 bits per heavy atom. The summed E-state index contributed by atoms with van der Waals surface area (Å²) in [5, 5.41) is 0. The Kier molecular flexibility index (Phi) is 3.17. The zero-order chi connectivity index (χ0) is 12.4. The highest BCUT2D eigenvalue weighted by Gasteiger charge is 2.16. The van der Waals surface area contributed by atoms with Gasteiger partial charge in [-0.2, -0.15) is 0 Å². The Balaban J connectivity index is 1.86. The molecule has 2 aromatic rings. The molecule has 0 bridgehead atoms. The molecule has 1 heterocycles. The van der Waals surface area contributed by atoms with Crippen molar-refractivity contribution in [2.24, 2.45) is 0 Å². The van der Waals surface area contributed by atoms with Crippen molar-refractivity contribution in [3.8, 4) is 11.1 Å². The normalized spacial score (nSPS) is 18.3. The molecule has 0 fully saturated rings. The second-order valence-electron chi connectivity index (χ2n) is 4.14. The minimum absolute atomic E-state index is 0.0239. The Morgan fingerprint density at radius 1 is 0.889 bits per heavy atom. The third-order valence-corrected chi connectivity index (χ3v) is 3.35. The van der Waals surface area contributed by atoms with Crippen LogP contribution in [0.1, 0.15) is 11.7 Å². The molecule has 0 aromatic heterocycles. The predicted molar refractivity (Wildman–Crippen MR) is 75.8 cm³/mol. The molecule has 0 radical (unpaired) electrons. The van der Waals surface area contributed by atoms with Crippen LogP contribution in [0, 0.1) is 0 Å². The Morgan fingerprint density at radius 3 is 2.17 bits per heavy atom. The molecule has 0 saturated carbocycles. The largest absolute Gasteiger partial charge is 0.263 e. The van der Waals surface area contributed by atoms with Gasteiger partial charge in [0.05, 0.1) is 0 Å². The van der Waals surface area contributed by atoms with Gasteiger partial charge in [-0.25, -0.2) is 0 Å². The van der Waals surface area contributed by atoms with Gasteiger partial charge in [0.1, 0.15) is 10.7 Å². The number of hydrogen-bond donors (Lipinski definition) is 1. The third-order valence-electron chi connectivity index (χ3n) is 2.93. The molecule has 0 saturated heterocycles. The summed E-state index contributed by atoms with van der Waals surface area (Å²) in [5.74, 6) is 0. The summed E-state index contributed by atoms with van der Waals surface area (Å²) in [6, 6.07) is 18.8. The lowest BCUT2D eigenvalue weighted by Crippen LogP contribution is -2.05. The van der Waals surface area contributed by atoms with Crippen molar-refractivity contribution in [3.05, 3.63) is 70.8 Å². The second kappa shape index (κ2) is 4.96. The summed E-state index contributed by atoms with van der Waals surface area (Å²) in [6.07, 6.45) is 1.97. The molecule has 3 rings (SSSR count). The predicted octanol–water partition coefficient (Wildman–Crippen LogP) is 4.17. The van der Waals surface area contributed by atoms with Gasteiger partial charge in [-0.3, -0.25) is 10.3 Å². The first-order valence-corrected chi connectivity index (χ1v) is 6.56. The van der Waals surface area contributed by atoms with E-state index in [1.54, 1.807) is 0 Å². The maximum absolute atomic E-state index is 5.41. The van der Waals surface area contributed by atoms with E-state index >= 15 is 0 Å². The van der Waals surface area contributed by atoms with Gasteiger partial charge in [-0.05, 0) is 38.7 Å². The van der Waals surface area contributed by atoms with Crippen LogP contribution in [0.5, 0.6) is 0 Å². The summed E-state index contributed by atoms with van der Waals surface area (Å²) >= 11 is 3.35. The highest BCUT2D eigenvalue weighted by atomic mass is 79.9. The first kappa shape index (κ1) is 11.5. The van der Waals surface area contributed by atoms with Gasteiger partial charge < -0.3 is 0 Å². The SMILES string of the molecule is BrC1=C[C@@H](c2ccc(-c3ccccc3)cc2)ON1.